The maximum Gasteiger partial charge on any atom is 0.270 e. The van der Waals surface area contributed by atoms with Gasteiger partial charge in [-0.25, -0.2) is 4.68 Å². The Hall–Kier alpha value is -1.75. The Balaban J connectivity index is 2.26. The summed E-state index contributed by atoms with van der Waals surface area (Å²) in [4.78, 5) is 11.8. The lowest BCUT2D eigenvalue weighted by molar-refractivity contribution is 0.271. The summed E-state index contributed by atoms with van der Waals surface area (Å²) in [6, 6.07) is 9.53. The number of hydrogen-bond donors (Lipinski definition) is 1. The molecule has 0 saturated carbocycles. The second kappa shape index (κ2) is 6.80. The van der Waals surface area contributed by atoms with Crippen molar-refractivity contribution in [3.63, 3.8) is 0 Å². The fourth-order valence-electron chi connectivity index (χ4n) is 1.91. The van der Waals surface area contributed by atoms with Gasteiger partial charge >= 0.3 is 0 Å². The zero-order valence-electron chi connectivity index (χ0n) is 12.5. The van der Waals surface area contributed by atoms with E-state index in [1.807, 2.05) is 24.3 Å². The van der Waals surface area contributed by atoms with Crippen LogP contribution in [0.25, 0.3) is 11.3 Å². The highest BCUT2D eigenvalue weighted by Crippen LogP contribution is 2.21. The van der Waals surface area contributed by atoms with Gasteiger partial charge in [0.1, 0.15) is 5.75 Å². The van der Waals surface area contributed by atoms with E-state index >= 15 is 0 Å². The molecule has 21 heavy (non-hydrogen) atoms. The first-order valence-electron chi connectivity index (χ1n) is 6.92. The fourth-order valence-corrected chi connectivity index (χ4v) is 2.14. The molecule has 0 aliphatic carbocycles. The van der Waals surface area contributed by atoms with E-state index in [9.17, 15) is 4.79 Å². The van der Waals surface area contributed by atoms with Gasteiger partial charge in [-0.3, -0.25) is 4.79 Å². The molecule has 0 unspecified atom stereocenters. The fraction of sp³-hybridized carbons (Fsp3) is 0.375. The predicted molar refractivity (Wildman–Crippen MR) is 87.9 cm³/mol. The van der Waals surface area contributed by atoms with Crippen molar-refractivity contribution in [3.05, 3.63) is 46.2 Å². The highest BCUT2D eigenvalue weighted by atomic mass is 32.1. The summed E-state index contributed by atoms with van der Waals surface area (Å²) in [5.41, 5.74) is 2.25. The molecule has 0 N–H and O–H groups in total. The third kappa shape index (κ3) is 3.88. The van der Waals surface area contributed by atoms with Gasteiger partial charge in [0.05, 0.1) is 12.3 Å². The van der Waals surface area contributed by atoms with E-state index < -0.39 is 0 Å². The average Bonchev–Trinajstić information content (AvgIpc) is 2.48. The summed E-state index contributed by atoms with van der Waals surface area (Å²) in [5, 5.41) is 4.28. The molecule has 5 heteroatoms. The predicted octanol–water partition coefficient (Wildman–Crippen LogP) is 2.91. The van der Waals surface area contributed by atoms with Crippen molar-refractivity contribution in [2.45, 2.75) is 19.6 Å². The highest BCUT2D eigenvalue weighted by Gasteiger charge is 2.07. The number of ether oxygens (including phenoxy) is 1. The van der Waals surface area contributed by atoms with Crippen LogP contribution in [0.1, 0.15) is 19.4 Å². The number of hydrogen-bond acceptors (Lipinski definition) is 4. The smallest absolute Gasteiger partial charge is 0.270 e. The molecule has 112 valence electrons. The third-order valence-electron chi connectivity index (χ3n) is 3.04. The normalized spacial score (nSPS) is 10.9. The molecule has 0 spiro atoms. The molecule has 0 aliphatic heterocycles. The third-order valence-corrected chi connectivity index (χ3v) is 3.38. The first kappa shape index (κ1) is 15.6. The van der Waals surface area contributed by atoms with Crippen LogP contribution in [0.2, 0.25) is 0 Å². The summed E-state index contributed by atoms with van der Waals surface area (Å²) in [6.07, 6.45) is 0. The van der Waals surface area contributed by atoms with E-state index in [1.165, 1.54) is 4.68 Å². The lowest BCUT2D eigenvalue weighted by atomic mass is 10.1. The van der Waals surface area contributed by atoms with Crippen molar-refractivity contribution >= 4 is 12.6 Å². The summed E-state index contributed by atoms with van der Waals surface area (Å²) in [6.45, 7) is 4.92. The molecule has 0 bridgehead atoms. The molecule has 2 rings (SSSR count). The Kier molecular flexibility index (Phi) is 5.07. The summed E-state index contributed by atoms with van der Waals surface area (Å²) >= 11 is 4.19. The zero-order chi connectivity index (χ0) is 15.4. The molecule has 0 radical (unpaired) electrons. The number of aryl methyl sites for hydroxylation is 1. The maximum atomic E-state index is 11.8. The molecule has 0 fully saturated rings. The molecular weight excluding hydrogens is 284 g/mol. The maximum absolute atomic E-state index is 11.8. The summed E-state index contributed by atoms with van der Waals surface area (Å²) in [5.74, 6) is 1.73. The molecule has 2 aromatic rings. The van der Waals surface area contributed by atoms with Crippen molar-refractivity contribution in [2.24, 2.45) is 13.0 Å². The number of aromatic nitrogens is 2. The molecule has 0 aliphatic rings. The number of rotatable bonds is 5. The SMILES string of the molecule is CC(C)COc1ccc(-c2cc(CS)c(=O)n(C)n2)cc1. The van der Waals surface area contributed by atoms with Gasteiger partial charge < -0.3 is 4.74 Å². The van der Waals surface area contributed by atoms with Crippen LogP contribution in [-0.2, 0) is 12.8 Å². The van der Waals surface area contributed by atoms with Gasteiger partial charge in [0.2, 0.25) is 0 Å². The molecule has 1 aromatic carbocycles. The van der Waals surface area contributed by atoms with Crippen molar-refractivity contribution in [1.82, 2.24) is 9.78 Å². The van der Waals surface area contributed by atoms with Gasteiger partial charge in [-0.2, -0.15) is 17.7 Å². The Bertz CT molecular complexity index is 663. The van der Waals surface area contributed by atoms with Crippen LogP contribution in [0.5, 0.6) is 5.75 Å². The first-order chi connectivity index (χ1) is 10.0. The molecule has 0 amide bonds. The Morgan fingerprint density at radius 3 is 2.52 bits per heavy atom. The Morgan fingerprint density at radius 1 is 1.29 bits per heavy atom. The molecule has 1 aromatic heterocycles. The Labute approximate surface area is 130 Å². The average molecular weight is 304 g/mol. The van der Waals surface area contributed by atoms with E-state index in [0.29, 0.717) is 23.8 Å². The van der Waals surface area contributed by atoms with Crippen LogP contribution in [0, 0.1) is 5.92 Å². The van der Waals surface area contributed by atoms with E-state index in [2.05, 4.69) is 31.6 Å². The van der Waals surface area contributed by atoms with E-state index in [4.69, 9.17) is 4.74 Å². The van der Waals surface area contributed by atoms with Gasteiger partial charge in [0, 0.05) is 23.9 Å². The Morgan fingerprint density at radius 2 is 1.95 bits per heavy atom. The minimum absolute atomic E-state index is 0.106. The standard InChI is InChI=1S/C16H20N2O2S/c1-11(2)9-20-14-6-4-12(5-7-14)15-8-13(10-21)16(19)18(3)17-15/h4-8,11,21H,9-10H2,1-3H3. The molecule has 1 heterocycles. The van der Waals surface area contributed by atoms with Crippen LogP contribution >= 0.6 is 12.6 Å². The lowest BCUT2D eigenvalue weighted by Crippen LogP contribution is -2.23. The molecule has 0 saturated heterocycles. The topological polar surface area (TPSA) is 44.1 Å². The van der Waals surface area contributed by atoms with Crippen LogP contribution < -0.4 is 10.3 Å². The summed E-state index contributed by atoms with van der Waals surface area (Å²) in [7, 11) is 1.65. The number of benzene rings is 1. The largest absolute Gasteiger partial charge is 0.493 e. The minimum Gasteiger partial charge on any atom is -0.493 e. The van der Waals surface area contributed by atoms with Gasteiger partial charge in [0.25, 0.3) is 5.56 Å². The molecule has 4 nitrogen and oxygen atoms in total. The van der Waals surface area contributed by atoms with Gasteiger partial charge in [0.15, 0.2) is 0 Å². The van der Waals surface area contributed by atoms with Crippen molar-refractivity contribution in [2.75, 3.05) is 6.61 Å². The second-order valence-electron chi connectivity index (χ2n) is 5.37. The number of thiol groups is 1. The van der Waals surface area contributed by atoms with Crippen molar-refractivity contribution < 1.29 is 4.74 Å². The van der Waals surface area contributed by atoms with E-state index in [0.717, 1.165) is 17.0 Å². The van der Waals surface area contributed by atoms with Crippen molar-refractivity contribution in [1.29, 1.82) is 0 Å². The lowest BCUT2D eigenvalue weighted by Gasteiger charge is -2.10. The van der Waals surface area contributed by atoms with Gasteiger partial charge in [-0.1, -0.05) is 13.8 Å². The molecular formula is C16H20N2O2S. The summed E-state index contributed by atoms with van der Waals surface area (Å²) < 4.78 is 7.01. The van der Waals surface area contributed by atoms with Gasteiger partial charge in [-0.05, 0) is 36.2 Å². The minimum atomic E-state index is -0.106. The van der Waals surface area contributed by atoms with Crippen LogP contribution in [0.4, 0.5) is 0 Å². The zero-order valence-corrected chi connectivity index (χ0v) is 13.4. The van der Waals surface area contributed by atoms with Gasteiger partial charge in [-0.15, -0.1) is 0 Å². The highest BCUT2D eigenvalue weighted by molar-refractivity contribution is 7.79. The van der Waals surface area contributed by atoms with Crippen LogP contribution in [0.15, 0.2) is 35.1 Å². The van der Waals surface area contributed by atoms with E-state index in [-0.39, 0.29) is 5.56 Å². The van der Waals surface area contributed by atoms with Crippen LogP contribution in [-0.4, -0.2) is 16.4 Å². The van der Waals surface area contributed by atoms with Crippen LogP contribution in [0.3, 0.4) is 0 Å². The quantitative estimate of drug-likeness (QED) is 0.864. The van der Waals surface area contributed by atoms with Crippen molar-refractivity contribution in [3.8, 4) is 17.0 Å². The van der Waals surface area contributed by atoms with E-state index in [1.54, 1.807) is 13.1 Å². The first-order valence-corrected chi connectivity index (χ1v) is 7.56. The monoisotopic (exact) mass is 304 g/mol. The number of nitrogens with zero attached hydrogens (tertiary/aromatic N) is 2. The second-order valence-corrected chi connectivity index (χ2v) is 5.69. The molecule has 0 atom stereocenters.